The molecule has 2 atom stereocenters. The minimum Gasteiger partial charge on any atom is -0.464 e. The summed E-state index contributed by atoms with van der Waals surface area (Å²) in [5.74, 6) is 0.00225. The van der Waals surface area contributed by atoms with E-state index in [1.807, 2.05) is 12.1 Å². The van der Waals surface area contributed by atoms with Crippen LogP contribution in [0.4, 0.5) is 11.5 Å². The van der Waals surface area contributed by atoms with E-state index in [4.69, 9.17) is 31.0 Å². The lowest BCUT2D eigenvalue weighted by Crippen LogP contribution is -2.55. The van der Waals surface area contributed by atoms with Gasteiger partial charge in [0.15, 0.2) is 5.69 Å². The number of likely N-dealkylation sites (tertiary alicyclic amines) is 1. The third kappa shape index (κ3) is 7.20. The SMILES string of the molecule is COC(=O)c1cn(/C=C/C(=O)N2CCN(c3nc(OC[C@@H]4CCCN4C)nc4c3CCN(c3cccc5cccc(Cl)c35)C4)C[C@@H]2CC#N)cn1. The number of amides is 1. The van der Waals surface area contributed by atoms with Gasteiger partial charge in [-0.25, -0.2) is 9.78 Å². The Hall–Kier alpha value is -5.19. The van der Waals surface area contributed by atoms with Crippen molar-refractivity contribution in [3.8, 4) is 12.1 Å². The first-order valence-corrected chi connectivity index (χ1v) is 17.6. The van der Waals surface area contributed by atoms with Crippen LogP contribution in [0.15, 0.2) is 55.0 Å². The second-order valence-electron chi connectivity index (χ2n) is 13.1. The highest BCUT2D eigenvalue weighted by Crippen LogP contribution is 2.37. The average Bonchev–Trinajstić information content (AvgIpc) is 3.80. The zero-order chi connectivity index (χ0) is 35.5. The predicted molar refractivity (Wildman–Crippen MR) is 194 cm³/mol. The minimum atomic E-state index is -0.560. The van der Waals surface area contributed by atoms with Crippen LogP contribution in [0.25, 0.3) is 17.0 Å². The van der Waals surface area contributed by atoms with Crippen LogP contribution in [0.5, 0.6) is 6.01 Å². The number of rotatable bonds is 9. The fourth-order valence-corrected chi connectivity index (χ4v) is 7.59. The summed E-state index contributed by atoms with van der Waals surface area (Å²) in [5, 5.41) is 12.6. The molecule has 0 aliphatic carbocycles. The third-order valence-electron chi connectivity index (χ3n) is 10.0. The number of halogens is 1. The first kappa shape index (κ1) is 34.3. The molecular weight excluding hydrogens is 670 g/mol. The molecule has 7 rings (SSSR count). The van der Waals surface area contributed by atoms with Crippen molar-refractivity contribution in [2.24, 2.45) is 0 Å². The van der Waals surface area contributed by atoms with Gasteiger partial charge in [-0.3, -0.25) is 4.79 Å². The number of esters is 1. The number of nitriles is 1. The number of fused-ring (bicyclic) bond motifs is 2. The molecule has 1 amide bonds. The Morgan fingerprint density at radius 3 is 2.71 bits per heavy atom. The van der Waals surface area contributed by atoms with Crippen molar-refractivity contribution in [3.05, 3.63) is 77.0 Å². The van der Waals surface area contributed by atoms with E-state index in [-0.39, 0.29) is 24.1 Å². The quantitative estimate of drug-likeness (QED) is 0.181. The number of methoxy groups -OCH3 is 1. The van der Waals surface area contributed by atoms with Gasteiger partial charge in [-0.15, -0.1) is 0 Å². The topological polar surface area (TPSA) is 133 Å². The Bertz CT molecular complexity index is 2000. The van der Waals surface area contributed by atoms with E-state index < -0.39 is 5.97 Å². The molecule has 2 aromatic heterocycles. The first-order chi connectivity index (χ1) is 24.8. The monoisotopic (exact) mass is 709 g/mol. The first-order valence-electron chi connectivity index (χ1n) is 17.2. The largest absolute Gasteiger partial charge is 0.464 e. The number of piperazine rings is 1. The molecule has 0 bridgehead atoms. The number of ether oxygens (including phenoxy) is 2. The lowest BCUT2D eigenvalue weighted by atomic mass is 10.0. The van der Waals surface area contributed by atoms with Gasteiger partial charge in [0.25, 0.3) is 0 Å². The fraction of sp³-hybridized carbons (Fsp3) is 0.405. The van der Waals surface area contributed by atoms with Gasteiger partial charge >= 0.3 is 12.0 Å². The molecule has 13 nitrogen and oxygen atoms in total. The third-order valence-corrected chi connectivity index (χ3v) is 10.4. The van der Waals surface area contributed by atoms with Gasteiger partial charge in [0, 0.05) is 67.3 Å². The van der Waals surface area contributed by atoms with Crippen molar-refractivity contribution in [1.82, 2.24) is 29.3 Å². The van der Waals surface area contributed by atoms with Gasteiger partial charge in [0.05, 0.1) is 49.2 Å². The molecular formula is C37H40ClN9O4. The lowest BCUT2D eigenvalue weighted by Gasteiger charge is -2.42. The van der Waals surface area contributed by atoms with Gasteiger partial charge < -0.3 is 33.6 Å². The molecule has 0 N–H and O–H groups in total. The zero-order valence-electron chi connectivity index (χ0n) is 28.7. The smallest absolute Gasteiger partial charge is 0.358 e. The van der Waals surface area contributed by atoms with E-state index in [1.165, 1.54) is 30.3 Å². The van der Waals surface area contributed by atoms with E-state index in [2.05, 4.69) is 57.1 Å². The molecule has 0 radical (unpaired) electrons. The Morgan fingerprint density at radius 1 is 1.08 bits per heavy atom. The Morgan fingerprint density at radius 2 is 1.92 bits per heavy atom. The number of aromatic nitrogens is 4. The maximum absolute atomic E-state index is 13.4. The normalized spacial score (nSPS) is 19.4. The van der Waals surface area contributed by atoms with E-state index in [0.717, 1.165) is 59.5 Å². The summed E-state index contributed by atoms with van der Waals surface area (Å²) in [5.41, 5.74) is 3.15. The van der Waals surface area contributed by atoms with Gasteiger partial charge in [-0.2, -0.15) is 15.2 Å². The number of nitrogens with zero attached hydrogens (tertiary/aromatic N) is 9. The molecule has 3 aliphatic rings. The zero-order valence-corrected chi connectivity index (χ0v) is 29.5. The van der Waals surface area contributed by atoms with Gasteiger partial charge in [0.2, 0.25) is 5.91 Å². The van der Waals surface area contributed by atoms with Crippen molar-refractivity contribution < 1.29 is 19.1 Å². The van der Waals surface area contributed by atoms with E-state index in [1.54, 1.807) is 11.1 Å². The van der Waals surface area contributed by atoms with Crippen LogP contribution in [0.2, 0.25) is 5.02 Å². The molecule has 264 valence electrons. The van der Waals surface area contributed by atoms with Crippen LogP contribution in [0.3, 0.4) is 0 Å². The highest BCUT2D eigenvalue weighted by Gasteiger charge is 2.34. The van der Waals surface area contributed by atoms with Crippen molar-refractivity contribution >= 4 is 52.0 Å². The number of likely N-dealkylation sites (N-methyl/N-ethyl adjacent to an activating group) is 1. The van der Waals surface area contributed by atoms with Crippen LogP contribution in [-0.2, 0) is 22.5 Å². The van der Waals surface area contributed by atoms with Crippen LogP contribution in [-0.4, -0.2) is 107 Å². The Labute approximate surface area is 301 Å². The summed E-state index contributed by atoms with van der Waals surface area (Å²) in [6.45, 7) is 4.21. The number of hydrogen-bond donors (Lipinski definition) is 0. The number of benzene rings is 2. The number of imidazole rings is 1. The van der Waals surface area contributed by atoms with Crippen LogP contribution >= 0.6 is 11.6 Å². The summed E-state index contributed by atoms with van der Waals surface area (Å²) >= 11 is 6.73. The Balaban J connectivity index is 1.15. The maximum Gasteiger partial charge on any atom is 0.358 e. The summed E-state index contributed by atoms with van der Waals surface area (Å²) in [6.07, 6.45) is 8.96. The molecule has 51 heavy (non-hydrogen) atoms. The van der Waals surface area contributed by atoms with Gasteiger partial charge in [-0.05, 0) is 50.4 Å². The van der Waals surface area contributed by atoms with Crippen LogP contribution in [0, 0.1) is 11.3 Å². The minimum absolute atomic E-state index is 0.140. The Kier molecular flexibility index (Phi) is 10.1. The molecule has 0 saturated carbocycles. The number of carbonyl (C=O) groups excluding carboxylic acids is 2. The maximum atomic E-state index is 13.4. The van der Waals surface area contributed by atoms with Crippen LogP contribution < -0.4 is 14.5 Å². The summed E-state index contributed by atoms with van der Waals surface area (Å²) in [4.78, 5) is 47.7. The number of hydrogen-bond acceptors (Lipinski definition) is 11. The predicted octanol–water partition coefficient (Wildman–Crippen LogP) is 4.40. The second-order valence-corrected chi connectivity index (χ2v) is 13.5. The van der Waals surface area contributed by atoms with Gasteiger partial charge in [-0.1, -0.05) is 35.9 Å². The lowest BCUT2D eigenvalue weighted by molar-refractivity contribution is -0.128. The van der Waals surface area contributed by atoms with Gasteiger partial charge in [0.1, 0.15) is 12.4 Å². The van der Waals surface area contributed by atoms with Crippen molar-refractivity contribution in [1.29, 1.82) is 5.26 Å². The summed E-state index contributed by atoms with van der Waals surface area (Å²) in [7, 11) is 3.40. The van der Waals surface area contributed by atoms with Crippen molar-refractivity contribution in [2.75, 3.05) is 63.3 Å². The molecule has 2 fully saturated rings. The molecule has 4 aromatic rings. The second kappa shape index (κ2) is 15.0. The highest BCUT2D eigenvalue weighted by molar-refractivity contribution is 6.36. The summed E-state index contributed by atoms with van der Waals surface area (Å²) < 4.78 is 12.6. The van der Waals surface area contributed by atoms with E-state index >= 15 is 0 Å². The molecule has 2 saturated heterocycles. The molecule has 3 aliphatic heterocycles. The molecule has 0 spiro atoms. The summed E-state index contributed by atoms with van der Waals surface area (Å²) in [6, 6.07) is 14.8. The van der Waals surface area contributed by atoms with Crippen molar-refractivity contribution in [2.45, 2.75) is 44.3 Å². The fourth-order valence-electron chi connectivity index (χ4n) is 7.31. The molecule has 14 heteroatoms. The molecule has 0 unspecified atom stereocenters. The molecule has 5 heterocycles. The van der Waals surface area contributed by atoms with E-state index in [9.17, 15) is 14.9 Å². The highest BCUT2D eigenvalue weighted by atomic mass is 35.5. The number of anilines is 2. The number of carbonyl (C=O) groups is 2. The average molecular weight is 710 g/mol. The van der Waals surface area contributed by atoms with E-state index in [0.29, 0.717) is 56.3 Å². The standard InChI is InChI=1S/C37H40ClN9O4/c1-43-15-5-8-27(43)23-51-37-41-30-22-45(32-10-4-7-25-6-3-9-29(38)34(25)32)17-12-28(30)35(42-37)46-18-19-47(26(20-46)11-14-39)33(48)13-16-44-21-31(40-24-44)36(49)50-2/h3-4,6-7,9-10,13,16,21,24,26-27H,5,8,11-12,15,17-20,22-23H2,1-2H3/b16-13+/t26-,27-/m0/s1. The van der Waals surface area contributed by atoms with Crippen molar-refractivity contribution in [3.63, 3.8) is 0 Å². The van der Waals surface area contributed by atoms with Crippen LogP contribution in [0.1, 0.15) is 41.0 Å². The molecule has 2 aromatic carbocycles.